The number of carbonyl (C=O) groups is 3. The number of ether oxygens (including phenoxy) is 1. The van der Waals surface area contributed by atoms with Gasteiger partial charge in [-0.25, -0.2) is 4.79 Å². The molecule has 0 spiro atoms. The Hall–Kier alpha value is -1.59. The van der Waals surface area contributed by atoms with Crippen molar-refractivity contribution in [1.82, 2.24) is 5.32 Å². The Balaban J connectivity index is 4.23. The molecule has 0 aromatic heterocycles. The molecule has 6 heteroatoms. The molecule has 0 aromatic rings. The Morgan fingerprint density at radius 1 is 1.40 bits per heavy atom. The van der Waals surface area contributed by atoms with Crippen LogP contribution in [-0.4, -0.2) is 30.4 Å². The van der Waals surface area contributed by atoms with E-state index in [-0.39, 0.29) is 25.4 Å². The van der Waals surface area contributed by atoms with Crippen LogP contribution in [0.25, 0.3) is 0 Å². The SMILES string of the molecule is CCOC(=O)[C@H](CCC(N)=O)NC(C)=O. The molecule has 0 fully saturated rings. The Labute approximate surface area is 88.1 Å². The van der Waals surface area contributed by atoms with Gasteiger partial charge < -0.3 is 15.8 Å². The van der Waals surface area contributed by atoms with Crippen LogP contribution in [0.4, 0.5) is 0 Å². The van der Waals surface area contributed by atoms with E-state index < -0.39 is 17.9 Å². The molecule has 2 amide bonds. The van der Waals surface area contributed by atoms with Crippen LogP contribution < -0.4 is 11.1 Å². The van der Waals surface area contributed by atoms with E-state index in [0.717, 1.165) is 0 Å². The van der Waals surface area contributed by atoms with Gasteiger partial charge in [0.25, 0.3) is 0 Å². The highest BCUT2D eigenvalue weighted by Crippen LogP contribution is 2.00. The van der Waals surface area contributed by atoms with Crippen molar-refractivity contribution in [2.45, 2.75) is 32.7 Å². The number of amides is 2. The molecule has 0 aliphatic heterocycles. The van der Waals surface area contributed by atoms with Crippen LogP contribution >= 0.6 is 0 Å². The monoisotopic (exact) mass is 216 g/mol. The van der Waals surface area contributed by atoms with E-state index in [1.807, 2.05) is 0 Å². The number of carbonyl (C=O) groups excluding carboxylic acids is 3. The number of rotatable bonds is 6. The molecule has 1 atom stereocenters. The van der Waals surface area contributed by atoms with Crippen LogP contribution in [0, 0.1) is 0 Å². The lowest BCUT2D eigenvalue weighted by atomic mass is 10.1. The van der Waals surface area contributed by atoms with Crippen molar-refractivity contribution < 1.29 is 19.1 Å². The first-order chi connectivity index (χ1) is 6.97. The smallest absolute Gasteiger partial charge is 0.328 e. The van der Waals surface area contributed by atoms with Crippen LogP contribution in [0.3, 0.4) is 0 Å². The zero-order chi connectivity index (χ0) is 11.8. The lowest BCUT2D eigenvalue weighted by molar-refractivity contribution is -0.147. The van der Waals surface area contributed by atoms with E-state index in [2.05, 4.69) is 5.32 Å². The third-order valence-corrected chi connectivity index (χ3v) is 1.63. The third kappa shape index (κ3) is 6.48. The molecular formula is C9H16N2O4. The topological polar surface area (TPSA) is 98.5 Å². The van der Waals surface area contributed by atoms with Gasteiger partial charge in [0.2, 0.25) is 11.8 Å². The van der Waals surface area contributed by atoms with Gasteiger partial charge in [-0.1, -0.05) is 0 Å². The van der Waals surface area contributed by atoms with Gasteiger partial charge in [0, 0.05) is 13.3 Å². The Morgan fingerprint density at radius 3 is 2.40 bits per heavy atom. The molecular weight excluding hydrogens is 200 g/mol. The van der Waals surface area contributed by atoms with Gasteiger partial charge in [-0.05, 0) is 13.3 Å². The molecule has 3 N–H and O–H groups in total. The highest BCUT2D eigenvalue weighted by Gasteiger charge is 2.20. The van der Waals surface area contributed by atoms with E-state index in [1.54, 1.807) is 6.92 Å². The number of nitrogens with two attached hydrogens (primary N) is 1. The average Bonchev–Trinajstić information content (AvgIpc) is 2.11. The number of esters is 1. The second-order valence-corrected chi connectivity index (χ2v) is 3.01. The first kappa shape index (κ1) is 13.4. The van der Waals surface area contributed by atoms with E-state index in [1.165, 1.54) is 6.92 Å². The fourth-order valence-corrected chi connectivity index (χ4v) is 1.02. The van der Waals surface area contributed by atoms with Crippen molar-refractivity contribution in [2.75, 3.05) is 6.61 Å². The van der Waals surface area contributed by atoms with Crippen LogP contribution in [0.2, 0.25) is 0 Å². The summed E-state index contributed by atoms with van der Waals surface area (Å²) in [5, 5.41) is 2.40. The highest BCUT2D eigenvalue weighted by atomic mass is 16.5. The summed E-state index contributed by atoms with van der Waals surface area (Å²) < 4.78 is 4.73. The summed E-state index contributed by atoms with van der Waals surface area (Å²) >= 11 is 0. The van der Waals surface area contributed by atoms with E-state index in [9.17, 15) is 14.4 Å². The first-order valence-electron chi connectivity index (χ1n) is 4.69. The summed E-state index contributed by atoms with van der Waals surface area (Å²) in [6, 6.07) is -0.796. The molecule has 0 aliphatic rings. The Bertz CT molecular complexity index is 252. The van der Waals surface area contributed by atoms with Gasteiger partial charge in [-0.2, -0.15) is 0 Å². The predicted octanol–water partition coefficient (Wildman–Crippen LogP) is -0.680. The maximum absolute atomic E-state index is 11.3. The second-order valence-electron chi connectivity index (χ2n) is 3.01. The molecule has 86 valence electrons. The van der Waals surface area contributed by atoms with Crippen molar-refractivity contribution in [2.24, 2.45) is 5.73 Å². The van der Waals surface area contributed by atoms with Gasteiger partial charge in [-0.15, -0.1) is 0 Å². The van der Waals surface area contributed by atoms with Gasteiger partial charge in [0.05, 0.1) is 6.61 Å². The highest BCUT2D eigenvalue weighted by molar-refractivity contribution is 5.84. The quantitative estimate of drug-likeness (QED) is 0.574. The van der Waals surface area contributed by atoms with E-state index in [4.69, 9.17) is 10.5 Å². The van der Waals surface area contributed by atoms with Crippen LogP contribution in [0.15, 0.2) is 0 Å². The first-order valence-corrected chi connectivity index (χ1v) is 4.69. The molecule has 0 unspecified atom stereocenters. The van der Waals surface area contributed by atoms with Crippen molar-refractivity contribution in [1.29, 1.82) is 0 Å². The Kier molecular flexibility index (Phi) is 6.08. The van der Waals surface area contributed by atoms with Crippen molar-refractivity contribution in [3.63, 3.8) is 0 Å². The van der Waals surface area contributed by atoms with Crippen LogP contribution in [-0.2, 0) is 19.1 Å². The largest absolute Gasteiger partial charge is 0.464 e. The molecule has 0 rings (SSSR count). The Morgan fingerprint density at radius 2 is 2.00 bits per heavy atom. The molecule has 0 saturated carbocycles. The second kappa shape index (κ2) is 6.80. The summed E-state index contributed by atoms with van der Waals surface area (Å²) in [4.78, 5) is 32.6. The van der Waals surface area contributed by atoms with Crippen LogP contribution in [0.5, 0.6) is 0 Å². The van der Waals surface area contributed by atoms with Crippen molar-refractivity contribution >= 4 is 17.8 Å². The maximum atomic E-state index is 11.3. The molecule has 6 nitrogen and oxygen atoms in total. The summed E-state index contributed by atoms with van der Waals surface area (Å²) in [6.45, 7) is 3.18. The summed E-state index contributed by atoms with van der Waals surface area (Å²) in [7, 11) is 0. The maximum Gasteiger partial charge on any atom is 0.328 e. The number of primary amides is 1. The molecule has 15 heavy (non-hydrogen) atoms. The zero-order valence-corrected chi connectivity index (χ0v) is 8.91. The molecule has 0 aliphatic carbocycles. The summed E-state index contributed by atoms with van der Waals surface area (Å²) in [6.07, 6.45) is 0.192. The minimum Gasteiger partial charge on any atom is -0.464 e. The predicted molar refractivity (Wildman–Crippen MR) is 52.7 cm³/mol. The average molecular weight is 216 g/mol. The molecule has 0 bridgehead atoms. The lowest BCUT2D eigenvalue weighted by Crippen LogP contribution is -2.41. The normalized spacial score (nSPS) is 11.6. The minimum absolute atomic E-state index is 0.0315. The standard InChI is InChI=1S/C9H16N2O4/c1-3-15-9(14)7(11-6(2)12)4-5-8(10)13/h7H,3-5H2,1-2H3,(H2,10,13)(H,11,12)/t7-/m0/s1. The molecule has 0 aromatic carbocycles. The van der Waals surface area contributed by atoms with Crippen LogP contribution in [0.1, 0.15) is 26.7 Å². The number of hydrogen-bond acceptors (Lipinski definition) is 4. The van der Waals surface area contributed by atoms with Gasteiger partial charge in [0.1, 0.15) is 6.04 Å². The molecule has 0 radical (unpaired) electrons. The summed E-state index contributed by atoms with van der Waals surface area (Å²) in [5.74, 6) is -1.42. The van der Waals surface area contributed by atoms with Gasteiger partial charge in [0.15, 0.2) is 0 Å². The van der Waals surface area contributed by atoms with Crippen molar-refractivity contribution in [3.05, 3.63) is 0 Å². The van der Waals surface area contributed by atoms with Gasteiger partial charge >= 0.3 is 5.97 Å². The number of hydrogen-bond donors (Lipinski definition) is 2. The molecule has 0 heterocycles. The van der Waals surface area contributed by atoms with Crippen molar-refractivity contribution in [3.8, 4) is 0 Å². The lowest BCUT2D eigenvalue weighted by Gasteiger charge is -2.15. The third-order valence-electron chi connectivity index (χ3n) is 1.63. The minimum atomic E-state index is -0.796. The van der Waals surface area contributed by atoms with E-state index in [0.29, 0.717) is 0 Å². The van der Waals surface area contributed by atoms with E-state index >= 15 is 0 Å². The summed E-state index contributed by atoms with van der Waals surface area (Å²) in [5.41, 5.74) is 4.94. The zero-order valence-electron chi connectivity index (χ0n) is 8.91. The fraction of sp³-hybridized carbons (Fsp3) is 0.667. The number of nitrogens with one attached hydrogen (secondary N) is 1. The fourth-order valence-electron chi connectivity index (χ4n) is 1.02. The van der Waals surface area contributed by atoms with Gasteiger partial charge in [-0.3, -0.25) is 9.59 Å². The molecule has 0 saturated heterocycles.